The van der Waals surface area contributed by atoms with E-state index in [-0.39, 0.29) is 5.41 Å². The van der Waals surface area contributed by atoms with Crippen LogP contribution in [0.3, 0.4) is 0 Å². The van der Waals surface area contributed by atoms with Crippen LogP contribution in [0.4, 0.5) is 0 Å². The normalized spacial score (nSPS) is 45.7. The third-order valence-electron chi connectivity index (χ3n) is 7.37. The molecule has 0 bridgehead atoms. The first-order valence-corrected chi connectivity index (χ1v) is 9.07. The first kappa shape index (κ1) is 13.8. The van der Waals surface area contributed by atoms with Gasteiger partial charge in [0.05, 0.1) is 0 Å². The zero-order chi connectivity index (χ0) is 14.6. The summed E-state index contributed by atoms with van der Waals surface area (Å²) in [7, 11) is 0. The highest BCUT2D eigenvalue weighted by Crippen LogP contribution is 2.63. The Kier molecular flexibility index (Phi) is 3.17. The van der Waals surface area contributed by atoms with Crippen molar-refractivity contribution in [2.75, 3.05) is 0 Å². The Labute approximate surface area is 128 Å². The predicted molar refractivity (Wildman–Crippen MR) is 85.9 cm³/mol. The molecule has 1 heteroatoms. The van der Waals surface area contributed by atoms with Crippen molar-refractivity contribution >= 4 is 5.78 Å². The summed E-state index contributed by atoms with van der Waals surface area (Å²) in [5.74, 6) is 3.43. The van der Waals surface area contributed by atoms with Gasteiger partial charge in [-0.2, -0.15) is 0 Å². The molecule has 0 saturated heterocycles. The van der Waals surface area contributed by atoms with Crippen molar-refractivity contribution in [1.29, 1.82) is 0 Å². The molecule has 5 atom stereocenters. The minimum atomic E-state index is -0.0197. The van der Waals surface area contributed by atoms with Gasteiger partial charge in [0, 0.05) is 11.8 Å². The zero-order valence-corrected chi connectivity index (χ0v) is 13.4. The van der Waals surface area contributed by atoms with Gasteiger partial charge < -0.3 is 0 Å². The summed E-state index contributed by atoms with van der Waals surface area (Å²) in [5.41, 5.74) is 3.14. The maximum absolute atomic E-state index is 12.6. The summed E-state index contributed by atoms with van der Waals surface area (Å²) in [6.07, 6.45) is 13.2. The molecule has 4 rings (SSSR count). The van der Waals surface area contributed by atoms with Gasteiger partial charge in [0.15, 0.2) is 0 Å². The van der Waals surface area contributed by atoms with Crippen LogP contribution >= 0.6 is 0 Å². The molecular formula is C20H28O. The molecule has 1 nitrogen and oxygen atoms in total. The second-order valence-electron chi connectivity index (χ2n) is 7.96. The summed E-state index contributed by atoms with van der Waals surface area (Å²) in [6, 6.07) is 0. The van der Waals surface area contributed by atoms with Gasteiger partial charge in [0.1, 0.15) is 5.78 Å². The van der Waals surface area contributed by atoms with E-state index in [0.29, 0.717) is 17.6 Å². The van der Waals surface area contributed by atoms with Crippen LogP contribution in [0.15, 0.2) is 23.8 Å². The standard InChI is InChI=1S/C20H28O/c1-3-20-12-13(2)19-15-7-5-4-6-14(15)8-9-16(19)17(20)10-11-18(20)21/h6,15-17,19H,2-5,7-12H2,1H3/t15-,16+,17-,19+,20+/m1/s1. The van der Waals surface area contributed by atoms with Crippen molar-refractivity contribution < 1.29 is 4.79 Å². The number of fused-ring (bicyclic) bond motifs is 5. The van der Waals surface area contributed by atoms with Gasteiger partial charge in [-0.1, -0.05) is 30.7 Å². The van der Waals surface area contributed by atoms with Crippen molar-refractivity contribution in [2.45, 2.75) is 64.7 Å². The quantitative estimate of drug-likeness (QED) is 0.614. The van der Waals surface area contributed by atoms with Crippen molar-refractivity contribution in [3.05, 3.63) is 23.8 Å². The highest BCUT2D eigenvalue weighted by atomic mass is 16.1. The molecule has 0 spiro atoms. The number of ketones is 1. The minimum absolute atomic E-state index is 0.0197. The van der Waals surface area contributed by atoms with Crippen LogP contribution in [-0.4, -0.2) is 5.78 Å². The molecule has 0 aromatic heterocycles. The fraction of sp³-hybridized carbons (Fsp3) is 0.750. The SMILES string of the molecule is C=C1C[C@]2(CC)C(=O)CC[C@@H]2[C@@H]2CCC3=CCCC[C@H]3[C@H]12. The molecule has 0 unspecified atom stereocenters. The Morgan fingerprint density at radius 3 is 2.95 bits per heavy atom. The fourth-order valence-corrected chi connectivity index (χ4v) is 6.49. The summed E-state index contributed by atoms with van der Waals surface area (Å²) >= 11 is 0. The fourth-order valence-electron chi connectivity index (χ4n) is 6.49. The number of hydrogen-bond acceptors (Lipinski definition) is 1. The highest BCUT2D eigenvalue weighted by molar-refractivity contribution is 5.88. The van der Waals surface area contributed by atoms with E-state index in [1.807, 2.05) is 0 Å². The average Bonchev–Trinajstić information content (AvgIpc) is 2.84. The van der Waals surface area contributed by atoms with E-state index in [2.05, 4.69) is 19.6 Å². The lowest BCUT2D eigenvalue weighted by molar-refractivity contribution is -0.130. The highest BCUT2D eigenvalue weighted by Gasteiger charge is 2.58. The lowest BCUT2D eigenvalue weighted by Gasteiger charge is -2.54. The predicted octanol–water partition coefficient (Wildman–Crippen LogP) is 5.07. The van der Waals surface area contributed by atoms with E-state index in [4.69, 9.17) is 0 Å². The van der Waals surface area contributed by atoms with Gasteiger partial charge in [-0.15, -0.1) is 0 Å². The third-order valence-corrected chi connectivity index (χ3v) is 7.37. The number of Topliss-reactive ketones (excluding diaryl/α,β-unsaturated/α-hetero) is 1. The van der Waals surface area contributed by atoms with Crippen LogP contribution < -0.4 is 0 Å². The summed E-state index contributed by atoms with van der Waals surface area (Å²) in [4.78, 5) is 12.6. The molecular weight excluding hydrogens is 256 g/mol. The van der Waals surface area contributed by atoms with Crippen LogP contribution in [-0.2, 0) is 4.79 Å². The maximum Gasteiger partial charge on any atom is 0.139 e. The van der Waals surface area contributed by atoms with E-state index in [1.54, 1.807) is 5.57 Å². The van der Waals surface area contributed by atoms with E-state index in [0.717, 1.165) is 37.5 Å². The first-order chi connectivity index (χ1) is 10.2. The molecule has 0 heterocycles. The third kappa shape index (κ3) is 1.79. The topological polar surface area (TPSA) is 17.1 Å². The second-order valence-corrected chi connectivity index (χ2v) is 7.96. The van der Waals surface area contributed by atoms with E-state index in [9.17, 15) is 4.79 Å². The first-order valence-electron chi connectivity index (χ1n) is 9.07. The largest absolute Gasteiger partial charge is 0.299 e. The maximum atomic E-state index is 12.6. The zero-order valence-electron chi connectivity index (χ0n) is 13.4. The molecule has 21 heavy (non-hydrogen) atoms. The molecule has 4 aliphatic rings. The molecule has 3 fully saturated rings. The number of carbonyl (C=O) groups excluding carboxylic acids is 1. The van der Waals surface area contributed by atoms with Crippen molar-refractivity contribution in [3.63, 3.8) is 0 Å². The van der Waals surface area contributed by atoms with Gasteiger partial charge in [-0.25, -0.2) is 0 Å². The Bertz CT molecular complexity index is 514. The van der Waals surface area contributed by atoms with Gasteiger partial charge in [-0.05, 0) is 75.0 Å². The smallest absolute Gasteiger partial charge is 0.139 e. The Morgan fingerprint density at radius 2 is 2.14 bits per heavy atom. The van der Waals surface area contributed by atoms with Crippen LogP contribution in [0.25, 0.3) is 0 Å². The minimum Gasteiger partial charge on any atom is -0.299 e. The van der Waals surface area contributed by atoms with Gasteiger partial charge in [0.2, 0.25) is 0 Å². The summed E-state index contributed by atoms with van der Waals surface area (Å²) < 4.78 is 0. The van der Waals surface area contributed by atoms with Crippen LogP contribution in [0.5, 0.6) is 0 Å². The number of rotatable bonds is 1. The van der Waals surface area contributed by atoms with Gasteiger partial charge in [-0.3, -0.25) is 4.79 Å². The monoisotopic (exact) mass is 284 g/mol. The Hall–Kier alpha value is -0.850. The van der Waals surface area contributed by atoms with E-state index < -0.39 is 0 Å². The van der Waals surface area contributed by atoms with Crippen molar-refractivity contribution in [2.24, 2.45) is 29.1 Å². The van der Waals surface area contributed by atoms with Gasteiger partial charge >= 0.3 is 0 Å². The van der Waals surface area contributed by atoms with E-state index >= 15 is 0 Å². The molecule has 3 saturated carbocycles. The second kappa shape index (κ2) is 4.83. The Balaban J connectivity index is 1.72. The molecule has 0 aliphatic heterocycles. The molecule has 114 valence electrons. The molecule has 0 radical (unpaired) electrons. The van der Waals surface area contributed by atoms with Crippen molar-refractivity contribution in [3.8, 4) is 0 Å². The van der Waals surface area contributed by atoms with Crippen LogP contribution in [0.2, 0.25) is 0 Å². The summed E-state index contributed by atoms with van der Waals surface area (Å²) in [5, 5.41) is 0. The average molecular weight is 284 g/mol. The lowest BCUT2D eigenvalue weighted by atomic mass is 9.50. The van der Waals surface area contributed by atoms with Crippen LogP contribution in [0, 0.1) is 29.1 Å². The Morgan fingerprint density at radius 1 is 1.29 bits per heavy atom. The van der Waals surface area contributed by atoms with Gasteiger partial charge in [0.25, 0.3) is 0 Å². The molecule has 0 amide bonds. The molecule has 0 N–H and O–H groups in total. The lowest BCUT2D eigenvalue weighted by Crippen LogP contribution is -2.48. The number of allylic oxidation sites excluding steroid dienone is 3. The molecule has 4 aliphatic carbocycles. The van der Waals surface area contributed by atoms with Crippen molar-refractivity contribution in [1.82, 2.24) is 0 Å². The number of hydrogen-bond donors (Lipinski definition) is 0. The van der Waals surface area contributed by atoms with Crippen LogP contribution in [0.1, 0.15) is 64.7 Å². The summed E-state index contributed by atoms with van der Waals surface area (Å²) in [6.45, 7) is 6.73. The molecule has 0 aromatic carbocycles. The molecule has 0 aromatic rings. The van der Waals surface area contributed by atoms with E-state index in [1.165, 1.54) is 37.7 Å². The number of carbonyl (C=O) groups is 1.